The maximum Gasteiger partial charge on any atom is 0.341 e. The van der Waals surface area contributed by atoms with Gasteiger partial charge in [-0.3, -0.25) is 4.79 Å². The molecule has 0 saturated heterocycles. The summed E-state index contributed by atoms with van der Waals surface area (Å²) in [6.45, 7) is -0.446. The fourth-order valence-electron chi connectivity index (χ4n) is 1.84. The average molecular weight is 349 g/mol. The minimum Gasteiger partial charge on any atom is -0.452 e. The van der Waals surface area contributed by atoms with Gasteiger partial charge in [-0.25, -0.2) is 9.78 Å². The first-order chi connectivity index (χ1) is 11.1. The SMILES string of the molecule is O=C(COC(=O)c1cccnc1Cl)Nc1cccc2nsnc12. The number of pyridine rings is 1. The number of fused-ring (bicyclic) bond motifs is 1. The molecule has 0 aliphatic rings. The van der Waals surface area contributed by atoms with Crippen molar-refractivity contribution in [3.05, 3.63) is 47.2 Å². The Labute approximate surface area is 139 Å². The topological polar surface area (TPSA) is 94.1 Å². The first-order valence-corrected chi connectivity index (χ1v) is 7.55. The van der Waals surface area contributed by atoms with E-state index in [9.17, 15) is 9.59 Å². The average Bonchev–Trinajstić information content (AvgIpc) is 3.03. The summed E-state index contributed by atoms with van der Waals surface area (Å²) in [6.07, 6.45) is 1.45. The molecule has 1 amide bonds. The lowest BCUT2D eigenvalue weighted by Crippen LogP contribution is -2.21. The van der Waals surface area contributed by atoms with Crippen LogP contribution in [0.2, 0.25) is 5.15 Å². The van der Waals surface area contributed by atoms with Crippen molar-refractivity contribution in [2.45, 2.75) is 0 Å². The van der Waals surface area contributed by atoms with Crippen molar-refractivity contribution in [2.75, 3.05) is 11.9 Å². The molecule has 0 atom stereocenters. The molecule has 0 unspecified atom stereocenters. The molecule has 7 nitrogen and oxygen atoms in total. The first kappa shape index (κ1) is 15.3. The number of hydrogen-bond acceptors (Lipinski definition) is 7. The van der Waals surface area contributed by atoms with Crippen LogP contribution >= 0.6 is 23.3 Å². The largest absolute Gasteiger partial charge is 0.452 e. The van der Waals surface area contributed by atoms with Gasteiger partial charge >= 0.3 is 5.97 Å². The van der Waals surface area contributed by atoms with E-state index in [2.05, 4.69) is 19.0 Å². The Bertz CT molecular complexity index is 883. The lowest BCUT2D eigenvalue weighted by molar-refractivity contribution is -0.119. The third-order valence-corrected chi connectivity index (χ3v) is 3.72. The van der Waals surface area contributed by atoms with Gasteiger partial charge in [0.15, 0.2) is 6.61 Å². The monoisotopic (exact) mass is 348 g/mol. The van der Waals surface area contributed by atoms with Crippen molar-refractivity contribution in [3.8, 4) is 0 Å². The zero-order chi connectivity index (χ0) is 16.2. The molecule has 1 aromatic carbocycles. The van der Waals surface area contributed by atoms with Crippen molar-refractivity contribution < 1.29 is 14.3 Å². The van der Waals surface area contributed by atoms with E-state index in [-0.39, 0.29) is 10.7 Å². The number of rotatable bonds is 4. The summed E-state index contributed by atoms with van der Waals surface area (Å²) in [5.41, 5.74) is 1.89. The number of aromatic nitrogens is 3. The van der Waals surface area contributed by atoms with Crippen molar-refractivity contribution in [2.24, 2.45) is 0 Å². The molecule has 0 aliphatic carbocycles. The maximum atomic E-state index is 11.9. The third-order valence-electron chi connectivity index (χ3n) is 2.87. The maximum absolute atomic E-state index is 11.9. The minimum absolute atomic E-state index is 0.0243. The lowest BCUT2D eigenvalue weighted by Gasteiger charge is -2.07. The third kappa shape index (κ3) is 3.43. The van der Waals surface area contributed by atoms with Gasteiger partial charge in [-0.15, -0.1) is 0 Å². The van der Waals surface area contributed by atoms with Gasteiger partial charge in [0.1, 0.15) is 16.2 Å². The van der Waals surface area contributed by atoms with Crippen LogP contribution in [0, 0.1) is 0 Å². The molecule has 2 aromatic heterocycles. The molecular weight excluding hydrogens is 340 g/mol. The van der Waals surface area contributed by atoms with Gasteiger partial charge in [-0.2, -0.15) is 8.75 Å². The second-order valence-electron chi connectivity index (χ2n) is 4.40. The Morgan fingerprint density at radius 2 is 2.09 bits per heavy atom. The predicted molar refractivity (Wildman–Crippen MR) is 85.6 cm³/mol. The molecule has 0 fully saturated rings. The van der Waals surface area contributed by atoms with Gasteiger partial charge in [0.2, 0.25) is 0 Å². The summed E-state index contributed by atoms with van der Waals surface area (Å²) < 4.78 is 13.1. The number of anilines is 1. The smallest absolute Gasteiger partial charge is 0.341 e. The highest BCUT2D eigenvalue weighted by Gasteiger charge is 2.15. The van der Waals surface area contributed by atoms with Gasteiger partial charge in [0.25, 0.3) is 5.91 Å². The van der Waals surface area contributed by atoms with Gasteiger partial charge < -0.3 is 10.1 Å². The highest BCUT2D eigenvalue weighted by atomic mass is 35.5. The predicted octanol–water partition coefficient (Wildman–Crippen LogP) is 2.54. The Hall–Kier alpha value is -2.58. The molecule has 9 heteroatoms. The van der Waals surface area contributed by atoms with E-state index < -0.39 is 18.5 Å². The molecule has 3 aromatic rings. The molecule has 0 saturated carbocycles. The van der Waals surface area contributed by atoms with E-state index in [0.717, 1.165) is 11.7 Å². The van der Waals surface area contributed by atoms with Crippen molar-refractivity contribution in [3.63, 3.8) is 0 Å². The number of carbonyl (C=O) groups is 2. The number of benzene rings is 1. The van der Waals surface area contributed by atoms with Crippen LogP contribution in [-0.4, -0.2) is 32.2 Å². The van der Waals surface area contributed by atoms with E-state index in [1.807, 2.05) is 0 Å². The van der Waals surface area contributed by atoms with Crippen molar-refractivity contribution >= 4 is 51.9 Å². The summed E-state index contributed by atoms with van der Waals surface area (Å²) in [5.74, 6) is -1.20. The summed E-state index contributed by atoms with van der Waals surface area (Å²) in [4.78, 5) is 27.5. The molecule has 116 valence electrons. The molecule has 2 heterocycles. The summed E-state index contributed by atoms with van der Waals surface area (Å²) in [7, 11) is 0. The number of esters is 1. The second kappa shape index (κ2) is 6.67. The molecule has 0 bridgehead atoms. The molecule has 0 radical (unpaired) electrons. The Morgan fingerprint density at radius 1 is 1.22 bits per heavy atom. The van der Waals surface area contributed by atoms with Crippen LogP contribution in [-0.2, 0) is 9.53 Å². The van der Waals surface area contributed by atoms with Crippen LogP contribution < -0.4 is 5.32 Å². The fraction of sp³-hybridized carbons (Fsp3) is 0.0714. The number of ether oxygens (including phenoxy) is 1. The quantitative estimate of drug-likeness (QED) is 0.575. The van der Waals surface area contributed by atoms with Crippen LogP contribution in [0.25, 0.3) is 11.0 Å². The summed E-state index contributed by atoms with van der Waals surface area (Å²) in [5, 5.41) is 2.66. The first-order valence-electron chi connectivity index (χ1n) is 6.44. The van der Waals surface area contributed by atoms with E-state index in [1.165, 1.54) is 12.3 Å². The zero-order valence-corrected chi connectivity index (χ0v) is 13.1. The summed E-state index contributed by atoms with van der Waals surface area (Å²) >= 11 is 6.84. The fourth-order valence-corrected chi connectivity index (χ4v) is 2.59. The van der Waals surface area contributed by atoms with Crippen LogP contribution in [0.1, 0.15) is 10.4 Å². The number of amides is 1. The van der Waals surface area contributed by atoms with Crippen LogP contribution in [0.3, 0.4) is 0 Å². The molecule has 3 rings (SSSR count). The minimum atomic E-state index is -0.716. The Kier molecular flexibility index (Phi) is 4.45. The number of nitrogens with one attached hydrogen (secondary N) is 1. The highest BCUT2D eigenvalue weighted by Crippen LogP contribution is 2.21. The normalized spacial score (nSPS) is 10.5. The van der Waals surface area contributed by atoms with Gasteiger partial charge in [0.05, 0.1) is 23.0 Å². The van der Waals surface area contributed by atoms with Crippen molar-refractivity contribution in [1.82, 2.24) is 13.7 Å². The van der Waals surface area contributed by atoms with Crippen LogP contribution in [0.5, 0.6) is 0 Å². The van der Waals surface area contributed by atoms with Crippen LogP contribution in [0.4, 0.5) is 5.69 Å². The van der Waals surface area contributed by atoms with Gasteiger partial charge in [-0.05, 0) is 24.3 Å². The number of carbonyl (C=O) groups excluding carboxylic acids is 2. The Balaban J connectivity index is 1.63. The van der Waals surface area contributed by atoms with E-state index in [4.69, 9.17) is 16.3 Å². The van der Waals surface area contributed by atoms with Gasteiger partial charge in [0, 0.05) is 6.20 Å². The Morgan fingerprint density at radius 3 is 2.91 bits per heavy atom. The highest BCUT2D eigenvalue weighted by molar-refractivity contribution is 7.00. The van der Waals surface area contributed by atoms with Gasteiger partial charge in [-0.1, -0.05) is 17.7 Å². The molecule has 0 spiro atoms. The molecule has 0 aliphatic heterocycles. The molecular formula is C14H9ClN4O3S. The van der Waals surface area contributed by atoms with E-state index >= 15 is 0 Å². The number of halogens is 1. The standard InChI is InChI=1S/C14H9ClN4O3S/c15-13-8(3-2-6-16-13)14(21)22-7-11(20)17-9-4-1-5-10-12(9)19-23-18-10/h1-6H,7H2,(H,17,20). The lowest BCUT2D eigenvalue weighted by atomic mass is 10.2. The van der Waals surface area contributed by atoms with E-state index in [0.29, 0.717) is 16.7 Å². The second-order valence-corrected chi connectivity index (χ2v) is 5.29. The molecule has 23 heavy (non-hydrogen) atoms. The zero-order valence-electron chi connectivity index (χ0n) is 11.5. The molecule has 1 N–H and O–H groups in total. The van der Waals surface area contributed by atoms with Crippen molar-refractivity contribution in [1.29, 1.82) is 0 Å². The van der Waals surface area contributed by atoms with Crippen LogP contribution in [0.15, 0.2) is 36.5 Å². The van der Waals surface area contributed by atoms with E-state index in [1.54, 1.807) is 24.3 Å². The summed E-state index contributed by atoms with van der Waals surface area (Å²) in [6, 6.07) is 8.26. The number of nitrogens with zero attached hydrogens (tertiary/aromatic N) is 3. The number of hydrogen-bond donors (Lipinski definition) is 1.